The number of carboxylic acids is 1. The first-order valence-corrected chi connectivity index (χ1v) is 11.2. The molecule has 2 atom stereocenters. The monoisotopic (exact) mass is 441 g/mol. The average molecular weight is 442 g/mol. The van der Waals surface area contributed by atoms with Gasteiger partial charge in [0, 0.05) is 0 Å². The maximum Gasteiger partial charge on any atom is 0.327 e. The van der Waals surface area contributed by atoms with E-state index in [1.807, 2.05) is 54.6 Å². The molecule has 2 N–H and O–H groups in total. The Labute approximate surface area is 180 Å². The molecular formula is C22H19NO5S2. The molecule has 2 unspecified atom stereocenters. The fraction of sp³-hybridized carbons (Fsp3) is 0.136. The molecule has 1 heterocycles. The molecule has 4 rings (SSSR count). The molecule has 0 fully saturated rings. The average Bonchev–Trinajstić information content (AvgIpc) is 2.75. The number of anilines is 1. The highest BCUT2D eigenvalue weighted by molar-refractivity contribution is 7.99. The summed E-state index contributed by atoms with van der Waals surface area (Å²) in [5.74, 6) is 0.221. The summed E-state index contributed by atoms with van der Waals surface area (Å²) in [6.45, 7) is 0. The van der Waals surface area contributed by atoms with Gasteiger partial charge in [-0.3, -0.25) is 8.86 Å². The number of hydrogen-bond donors (Lipinski definition) is 2. The third kappa shape index (κ3) is 4.35. The minimum atomic E-state index is -2.51. The van der Waals surface area contributed by atoms with Crippen LogP contribution in [0.3, 0.4) is 0 Å². The lowest BCUT2D eigenvalue weighted by molar-refractivity contribution is -0.138. The second-order valence-electron chi connectivity index (χ2n) is 6.72. The number of aliphatic carboxylic acids is 1. The Kier molecular flexibility index (Phi) is 6.08. The van der Waals surface area contributed by atoms with Gasteiger partial charge in [0.1, 0.15) is 17.5 Å². The number of benzene rings is 3. The molecule has 0 amide bonds. The number of fused-ring (bicyclic) bond motifs is 2. The van der Waals surface area contributed by atoms with E-state index < -0.39 is 23.3 Å². The van der Waals surface area contributed by atoms with Crippen LogP contribution in [0.25, 0.3) is 0 Å². The van der Waals surface area contributed by atoms with E-state index in [0.29, 0.717) is 17.9 Å². The standard InChI is InChI=1S/C22H19NO5S2/c24-22(25)17(12-10-15-6-2-1-3-7-15)23(30(26)27)16-11-13-19-21(14-16)29-20-9-5-4-8-18(20)28-19/h1-9,11,13-14,17H,10,12H2,(H,24,25)(H,26,27). The second kappa shape index (κ2) is 8.91. The van der Waals surface area contributed by atoms with Crippen LogP contribution in [0.1, 0.15) is 12.0 Å². The summed E-state index contributed by atoms with van der Waals surface area (Å²) < 4.78 is 29.0. The lowest BCUT2D eigenvalue weighted by atomic mass is 10.0. The van der Waals surface area contributed by atoms with Gasteiger partial charge in [0.15, 0.2) is 0 Å². The van der Waals surface area contributed by atoms with Crippen LogP contribution in [0.5, 0.6) is 11.5 Å². The van der Waals surface area contributed by atoms with Crippen LogP contribution in [0, 0.1) is 0 Å². The molecule has 0 aliphatic carbocycles. The van der Waals surface area contributed by atoms with Crippen molar-refractivity contribution in [3.63, 3.8) is 0 Å². The number of aryl methyl sites for hydroxylation is 1. The maximum absolute atomic E-state index is 12.2. The molecule has 3 aromatic rings. The maximum atomic E-state index is 12.2. The molecule has 8 heteroatoms. The Morgan fingerprint density at radius 3 is 2.43 bits per heavy atom. The molecule has 0 saturated carbocycles. The Bertz CT molecular complexity index is 1090. The van der Waals surface area contributed by atoms with E-state index >= 15 is 0 Å². The molecule has 0 radical (unpaired) electrons. The number of carboxylic acid groups (broad SMARTS) is 1. The molecule has 0 spiro atoms. The Morgan fingerprint density at radius 2 is 1.70 bits per heavy atom. The SMILES string of the molecule is O=C(O)C(CCc1ccccc1)N(c1ccc2c(c1)Sc1ccccc1O2)S(=O)O. The fourth-order valence-corrected chi connectivity index (χ4v) is 5.01. The molecule has 0 aromatic heterocycles. The first kappa shape index (κ1) is 20.5. The summed E-state index contributed by atoms with van der Waals surface area (Å²) in [7, 11) is 0. The fourth-order valence-electron chi connectivity index (χ4n) is 3.32. The summed E-state index contributed by atoms with van der Waals surface area (Å²) in [6, 6.07) is 20.9. The number of hydrogen-bond acceptors (Lipinski definition) is 4. The van der Waals surface area contributed by atoms with Gasteiger partial charge in [-0.2, -0.15) is 0 Å². The van der Waals surface area contributed by atoms with Crippen molar-refractivity contribution in [1.82, 2.24) is 0 Å². The van der Waals surface area contributed by atoms with Crippen molar-refractivity contribution < 1.29 is 23.4 Å². The quantitative estimate of drug-likeness (QED) is 0.394. The lowest BCUT2D eigenvalue weighted by Gasteiger charge is -2.28. The highest BCUT2D eigenvalue weighted by atomic mass is 32.2. The summed E-state index contributed by atoms with van der Waals surface area (Å²) in [5, 5.41) is 9.78. The van der Waals surface area contributed by atoms with Gasteiger partial charge in [0.05, 0.1) is 15.5 Å². The van der Waals surface area contributed by atoms with Crippen LogP contribution in [-0.4, -0.2) is 25.9 Å². The number of rotatable bonds is 7. The highest BCUT2D eigenvalue weighted by Gasteiger charge is 2.31. The number of para-hydroxylation sites is 1. The van der Waals surface area contributed by atoms with E-state index in [-0.39, 0.29) is 6.42 Å². The molecule has 3 aromatic carbocycles. The van der Waals surface area contributed by atoms with Crippen molar-refractivity contribution in [1.29, 1.82) is 0 Å². The van der Waals surface area contributed by atoms with Crippen molar-refractivity contribution in [3.05, 3.63) is 78.4 Å². The van der Waals surface area contributed by atoms with Crippen molar-refractivity contribution in [2.24, 2.45) is 0 Å². The van der Waals surface area contributed by atoms with Gasteiger partial charge in [0.2, 0.25) is 0 Å². The highest BCUT2D eigenvalue weighted by Crippen LogP contribution is 2.48. The third-order valence-electron chi connectivity index (χ3n) is 4.76. The van der Waals surface area contributed by atoms with Crippen molar-refractivity contribution in [2.75, 3.05) is 4.31 Å². The Morgan fingerprint density at radius 1 is 1.00 bits per heavy atom. The molecule has 0 bridgehead atoms. The van der Waals surface area contributed by atoms with Crippen LogP contribution < -0.4 is 9.04 Å². The van der Waals surface area contributed by atoms with E-state index in [4.69, 9.17) is 4.74 Å². The molecule has 6 nitrogen and oxygen atoms in total. The predicted octanol–water partition coefficient (Wildman–Crippen LogP) is 4.97. The molecule has 154 valence electrons. The van der Waals surface area contributed by atoms with Gasteiger partial charge < -0.3 is 9.84 Å². The van der Waals surface area contributed by atoms with Crippen molar-refractivity contribution in [3.8, 4) is 11.5 Å². The minimum absolute atomic E-state index is 0.190. The zero-order valence-corrected chi connectivity index (χ0v) is 17.4. The normalized spacial score (nSPS) is 14.0. The smallest absolute Gasteiger partial charge is 0.327 e. The molecule has 1 aliphatic rings. The van der Waals surface area contributed by atoms with E-state index in [9.17, 15) is 18.7 Å². The predicted molar refractivity (Wildman–Crippen MR) is 117 cm³/mol. The zero-order chi connectivity index (χ0) is 21.1. The Balaban J connectivity index is 1.62. The largest absolute Gasteiger partial charge is 0.480 e. The topological polar surface area (TPSA) is 87.1 Å². The number of carbonyl (C=O) groups is 1. The van der Waals surface area contributed by atoms with Gasteiger partial charge in [-0.15, -0.1) is 0 Å². The first-order valence-electron chi connectivity index (χ1n) is 9.28. The van der Waals surface area contributed by atoms with Crippen LogP contribution in [0.2, 0.25) is 0 Å². The van der Waals surface area contributed by atoms with Crippen molar-refractivity contribution in [2.45, 2.75) is 28.7 Å². The minimum Gasteiger partial charge on any atom is -0.480 e. The van der Waals surface area contributed by atoms with Gasteiger partial charge >= 0.3 is 5.97 Å². The van der Waals surface area contributed by atoms with Gasteiger partial charge in [-0.1, -0.05) is 54.2 Å². The van der Waals surface area contributed by atoms with Crippen LogP contribution >= 0.6 is 11.8 Å². The van der Waals surface area contributed by atoms with E-state index in [1.165, 1.54) is 11.8 Å². The Hall–Kier alpha value is -2.81. The molecule has 30 heavy (non-hydrogen) atoms. The molecule has 0 saturated heterocycles. The summed E-state index contributed by atoms with van der Waals surface area (Å²) in [6.07, 6.45) is 0.664. The summed E-state index contributed by atoms with van der Waals surface area (Å²) in [5.41, 5.74) is 1.32. The van der Waals surface area contributed by atoms with Gasteiger partial charge in [-0.25, -0.2) is 9.00 Å². The van der Waals surface area contributed by atoms with Gasteiger partial charge in [0.25, 0.3) is 11.3 Å². The molecular weight excluding hydrogens is 422 g/mol. The number of nitrogens with zero attached hydrogens (tertiary/aromatic N) is 1. The van der Waals surface area contributed by atoms with E-state index in [0.717, 1.165) is 25.4 Å². The van der Waals surface area contributed by atoms with Crippen LogP contribution in [0.15, 0.2) is 82.6 Å². The lowest BCUT2D eigenvalue weighted by Crippen LogP contribution is -2.42. The first-order chi connectivity index (χ1) is 14.5. The second-order valence-corrected chi connectivity index (χ2v) is 8.66. The number of ether oxygens (including phenoxy) is 1. The third-order valence-corrected chi connectivity index (χ3v) is 6.65. The summed E-state index contributed by atoms with van der Waals surface area (Å²) >= 11 is -1.03. The van der Waals surface area contributed by atoms with E-state index in [2.05, 4.69) is 0 Å². The summed E-state index contributed by atoms with van der Waals surface area (Å²) in [4.78, 5) is 13.7. The molecule has 1 aliphatic heterocycles. The van der Waals surface area contributed by atoms with Crippen LogP contribution in [-0.2, 0) is 22.5 Å². The van der Waals surface area contributed by atoms with Gasteiger partial charge in [-0.05, 0) is 48.7 Å². The van der Waals surface area contributed by atoms with E-state index in [1.54, 1.807) is 18.2 Å². The zero-order valence-electron chi connectivity index (χ0n) is 15.8. The van der Waals surface area contributed by atoms with Crippen molar-refractivity contribution >= 4 is 34.7 Å². The van der Waals surface area contributed by atoms with Crippen LogP contribution in [0.4, 0.5) is 5.69 Å².